The van der Waals surface area contributed by atoms with Crippen molar-refractivity contribution in [2.75, 3.05) is 7.11 Å². The zero-order valence-electron chi connectivity index (χ0n) is 26.4. The molecule has 1 saturated carbocycles. The summed E-state index contributed by atoms with van der Waals surface area (Å²) in [5.41, 5.74) is 12.2. The molecule has 0 spiro atoms. The number of hydrogen-bond donors (Lipinski definition) is 1. The lowest BCUT2D eigenvalue weighted by atomic mass is 9.85. The number of hydrogen-bond acceptors (Lipinski definition) is 1. The molecule has 2 aromatic rings. The van der Waals surface area contributed by atoms with Gasteiger partial charge in [-0.15, -0.1) is 0 Å². The fraction of sp³-hybridized carbons (Fsp3) is 0.381. The van der Waals surface area contributed by atoms with Gasteiger partial charge in [-0.05, 0) is 90.5 Å². The summed E-state index contributed by atoms with van der Waals surface area (Å²) in [6, 6.07) is 14.2. The van der Waals surface area contributed by atoms with E-state index >= 15 is 0 Å². The van der Waals surface area contributed by atoms with Crippen LogP contribution in [0.5, 0.6) is 0 Å². The number of aliphatic hydroxyl groups is 1. The van der Waals surface area contributed by atoms with Crippen molar-refractivity contribution in [1.29, 1.82) is 0 Å². The summed E-state index contributed by atoms with van der Waals surface area (Å²) in [6.45, 7) is 4.45. The first-order chi connectivity index (χ1) is 21.1. The van der Waals surface area contributed by atoms with Crippen LogP contribution in [0.25, 0.3) is 0 Å². The van der Waals surface area contributed by atoms with Gasteiger partial charge in [0.15, 0.2) is 0 Å². The van der Waals surface area contributed by atoms with E-state index in [2.05, 4.69) is 117 Å². The molecule has 0 heterocycles. The van der Waals surface area contributed by atoms with Crippen molar-refractivity contribution in [3.05, 3.63) is 141 Å². The molecule has 2 atom stereocenters. The molecule has 1 fully saturated rings. The largest absolute Gasteiger partial charge is 0.400 e. The molecule has 0 aromatic heterocycles. The summed E-state index contributed by atoms with van der Waals surface area (Å²) in [4.78, 5) is 0. The fourth-order valence-electron chi connectivity index (χ4n) is 6.92. The molecule has 2 aromatic carbocycles. The molecule has 222 valence electrons. The molecule has 0 aliphatic heterocycles. The maximum absolute atomic E-state index is 7.00. The van der Waals surface area contributed by atoms with E-state index < -0.39 is 0 Å². The number of fused-ring (bicyclic) bond motifs is 1. The monoisotopic (exact) mass is 568 g/mol. The molecular weight excluding hydrogens is 520 g/mol. The number of aryl methyl sites for hydroxylation is 4. The molecule has 0 amide bonds. The summed E-state index contributed by atoms with van der Waals surface area (Å²) in [5, 5.41) is 7.00. The molecule has 2 unspecified atom stereocenters. The van der Waals surface area contributed by atoms with Crippen LogP contribution in [-0.4, -0.2) is 12.2 Å². The van der Waals surface area contributed by atoms with Crippen molar-refractivity contribution in [2.24, 2.45) is 11.8 Å². The van der Waals surface area contributed by atoms with Gasteiger partial charge in [0.1, 0.15) is 0 Å². The van der Waals surface area contributed by atoms with Gasteiger partial charge in [-0.1, -0.05) is 135 Å². The van der Waals surface area contributed by atoms with Gasteiger partial charge >= 0.3 is 0 Å². The third kappa shape index (κ3) is 8.07. The Morgan fingerprint density at radius 1 is 0.791 bits per heavy atom. The lowest BCUT2D eigenvalue weighted by Crippen LogP contribution is -2.05. The smallest absolute Gasteiger partial charge is 0.0352 e. The van der Waals surface area contributed by atoms with Gasteiger partial charge in [0.05, 0.1) is 0 Å². The van der Waals surface area contributed by atoms with Crippen molar-refractivity contribution in [2.45, 2.75) is 84.0 Å². The van der Waals surface area contributed by atoms with Crippen molar-refractivity contribution in [1.82, 2.24) is 0 Å². The van der Waals surface area contributed by atoms with Crippen LogP contribution in [0, 0.1) is 30.6 Å². The summed E-state index contributed by atoms with van der Waals surface area (Å²) < 4.78 is 0. The van der Waals surface area contributed by atoms with Crippen LogP contribution in [0.2, 0.25) is 0 Å². The third-order valence-electron chi connectivity index (χ3n) is 9.54. The Balaban J connectivity index is 0.00000180. The minimum absolute atomic E-state index is 0.327. The highest BCUT2D eigenvalue weighted by atomic mass is 16.2. The van der Waals surface area contributed by atoms with E-state index in [-0.39, 0.29) is 0 Å². The van der Waals surface area contributed by atoms with Crippen molar-refractivity contribution in [3.63, 3.8) is 0 Å². The number of rotatable bonds is 8. The van der Waals surface area contributed by atoms with Gasteiger partial charge in [-0.25, -0.2) is 0 Å². The molecule has 43 heavy (non-hydrogen) atoms. The predicted octanol–water partition coefficient (Wildman–Crippen LogP) is 9.85. The van der Waals surface area contributed by atoms with Gasteiger partial charge in [0.2, 0.25) is 0 Å². The highest BCUT2D eigenvalue weighted by Crippen LogP contribution is 2.34. The maximum atomic E-state index is 7.00. The van der Waals surface area contributed by atoms with Gasteiger partial charge in [-0.2, -0.15) is 0 Å². The Morgan fingerprint density at radius 2 is 1.60 bits per heavy atom. The van der Waals surface area contributed by atoms with Crippen LogP contribution in [0.3, 0.4) is 0 Å². The maximum Gasteiger partial charge on any atom is 0.0352 e. The van der Waals surface area contributed by atoms with Crippen molar-refractivity contribution >= 4 is 0 Å². The van der Waals surface area contributed by atoms with Gasteiger partial charge < -0.3 is 5.11 Å². The van der Waals surface area contributed by atoms with Crippen LogP contribution < -0.4 is 0 Å². The topological polar surface area (TPSA) is 20.2 Å². The zero-order valence-corrected chi connectivity index (χ0v) is 26.4. The fourth-order valence-corrected chi connectivity index (χ4v) is 6.92. The van der Waals surface area contributed by atoms with Crippen LogP contribution in [0.1, 0.15) is 91.2 Å². The second kappa shape index (κ2) is 15.2. The van der Waals surface area contributed by atoms with Crippen molar-refractivity contribution in [3.8, 4) is 11.8 Å². The summed E-state index contributed by atoms with van der Waals surface area (Å²) >= 11 is 0. The molecule has 1 heteroatoms. The van der Waals surface area contributed by atoms with Crippen LogP contribution in [0.15, 0.2) is 108 Å². The Kier molecular flexibility index (Phi) is 10.9. The highest BCUT2D eigenvalue weighted by molar-refractivity contribution is 5.56. The molecular formula is C42H48O. The Hall–Kier alpha value is -3.60. The highest BCUT2D eigenvalue weighted by Gasteiger charge is 2.19. The second-order valence-corrected chi connectivity index (χ2v) is 12.5. The van der Waals surface area contributed by atoms with E-state index in [9.17, 15) is 0 Å². The summed E-state index contributed by atoms with van der Waals surface area (Å²) in [7, 11) is 1.00. The van der Waals surface area contributed by atoms with E-state index in [0.717, 1.165) is 37.9 Å². The standard InChI is InChI=1S/C41H44.CH4O/c1-3-31-25-35(29-40(26-31)39-20-19-34(28-39)16-15-32-9-5-4-6-10-32)18-17-33-14-13-30(2)38(27-33)24-23-37-22-21-36-11-7-8-12-41(36)37;1-2/h7-8,11-14,19-22,25-29,32,39,41H,3-6,9-10,15-18H2,1-2H3;2H,1H3. The van der Waals surface area contributed by atoms with E-state index in [1.165, 1.54) is 83.9 Å². The van der Waals surface area contributed by atoms with Gasteiger partial charge in [-0.3, -0.25) is 0 Å². The van der Waals surface area contributed by atoms with Crippen molar-refractivity contribution < 1.29 is 5.11 Å². The predicted molar refractivity (Wildman–Crippen MR) is 183 cm³/mol. The first-order valence-electron chi connectivity index (χ1n) is 16.5. The Morgan fingerprint density at radius 3 is 2.44 bits per heavy atom. The van der Waals surface area contributed by atoms with E-state index in [1.54, 1.807) is 5.57 Å². The third-order valence-corrected chi connectivity index (χ3v) is 9.54. The van der Waals surface area contributed by atoms with Crippen LogP contribution >= 0.6 is 0 Å². The van der Waals surface area contributed by atoms with E-state index in [0.29, 0.717) is 11.8 Å². The zero-order chi connectivity index (χ0) is 30.0. The first kappa shape index (κ1) is 30.8. The number of benzene rings is 2. The van der Waals surface area contributed by atoms with Crippen LogP contribution in [0.4, 0.5) is 0 Å². The van der Waals surface area contributed by atoms with E-state index in [1.807, 2.05) is 0 Å². The molecule has 0 saturated heterocycles. The summed E-state index contributed by atoms with van der Waals surface area (Å²) in [6.07, 6.45) is 33.4. The molecule has 1 nitrogen and oxygen atoms in total. The average molecular weight is 569 g/mol. The van der Waals surface area contributed by atoms with E-state index in [4.69, 9.17) is 5.11 Å². The Labute approximate surface area is 260 Å². The lowest BCUT2D eigenvalue weighted by molar-refractivity contribution is 0.339. The van der Waals surface area contributed by atoms with Gasteiger partial charge in [0.25, 0.3) is 0 Å². The molecule has 0 radical (unpaired) electrons. The quantitative estimate of drug-likeness (QED) is 0.314. The molecule has 1 N–H and O–H groups in total. The lowest BCUT2D eigenvalue weighted by Gasteiger charge is -2.21. The molecule has 6 rings (SSSR count). The summed E-state index contributed by atoms with van der Waals surface area (Å²) in [5.74, 6) is 8.70. The number of allylic oxidation sites excluding steroid dienone is 12. The van der Waals surface area contributed by atoms with Gasteiger partial charge in [0, 0.05) is 30.1 Å². The minimum atomic E-state index is 0.327. The molecule has 4 aliphatic carbocycles. The normalized spacial score (nSPS) is 20.4. The molecule has 0 bridgehead atoms. The SMILES string of the molecule is CCc1cc(CCc2ccc(C)c(C#CC3=CC=C4C=CC=CC34)c2)cc(C2C=CC(CCC3CCCCC3)=C2)c1.CO. The minimum Gasteiger partial charge on any atom is -0.400 e. The Bertz CT molecular complexity index is 1520. The van der Waals surface area contributed by atoms with Crippen LogP contribution in [-0.2, 0) is 19.3 Å². The molecule has 4 aliphatic rings. The first-order valence-corrected chi connectivity index (χ1v) is 16.5. The number of aliphatic hydroxyl groups excluding tert-OH is 1. The average Bonchev–Trinajstić information content (AvgIpc) is 3.71. The second-order valence-electron chi connectivity index (χ2n) is 12.5.